The van der Waals surface area contributed by atoms with Crippen molar-refractivity contribution >= 4 is 33.1 Å². The van der Waals surface area contributed by atoms with E-state index in [-0.39, 0.29) is 12.3 Å². The van der Waals surface area contributed by atoms with E-state index in [1.807, 2.05) is 6.07 Å². The number of esters is 1. The summed E-state index contributed by atoms with van der Waals surface area (Å²) in [5.74, 6) is -0.466. The third-order valence-corrected chi connectivity index (χ3v) is 3.67. The van der Waals surface area contributed by atoms with E-state index < -0.39 is 10.9 Å². The Hall–Kier alpha value is -2.46. The predicted octanol–water partition coefficient (Wildman–Crippen LogP) is 3.27. The van der Waals surface area contributed by atoms with Crippen LogP contribution in [0.15, 0.2) is 24.3 Å². The molecule has 0 amide bonds. The molecule has 1 heterocycles. The number of hydrogen-bond donors (Lipinski definition) is 0. The quantitative estimate of drug-likeness (QED) is 0.364. The smallest absolute Gasteiger partial charge is 0.348 e. The number of hydrogen-bond acceptors (Lipinski definition) is 6. The fraction of sp³-hybridized carbons (Fsp3) is 0.231. The first-order chi connectivity index (χ1) is 9.61. The third-order valence-electron chi connectivity index (χ3n) is 2.58. The van der Waals surface area contributed by atoms with Crippen molar-refractivity contribution in [1.82, 2.24) is 0 Å². The van der Waals surface area contributed by atoms with Gasteiger partial charge in [0.25, 0.3) is 5.69 Å². The molecule has 0 aliphatic carbocycles. The summed E-state index contributed by atoms with van der Waals surface area (Å²) in [4.78, 5) is 22.4. The molecule has 0 fully saturated rings. The predicted molar refractivity (Wildman–Crippen MR) is 73.6 cm³/mol. The number of ether oxygens (including phenoxy) is 1. The minimum atomic E-state index is -0.475. The molecular formula is C13H10N2O4S. The van der Waals surface area contributed by atoms with Crippen LogP contribution in [0.3, 0.4) is 0 Å². The van der Waals surface area contributed by atoms with Gasteiger partial charge in [0.2, 0.25) is 0 Å². The first-order valence-corrected chi connectivity index (χ1v) is 6.65. The highest BCUT2D eigenvalue weighted by Gasteiger charge is 2.14. The molecule has 0 unspecified atom stereocenters. The van der Waals surface area contributed by atoms with Crippen LogP contribution >= 0.6 is 11.3 Å². The van der Waals surface area contributed by atoms with Crippen LogP contribution in [0.4, 0.5) is 5.69 Å². The van der Waals surface area contributed by atoms with Gasteiger partial charge in [-0.05, 0) is 18.6 Å². The number of nitro groups is 1. The first-order valence-electron chi connectivity index (χ1n) is 5.84. The number of nitro benzene ring substituents is 1. The van der Waals surface area contributed by atoms with Crippen molar-refractivity contribution in [2.75, 3.05) is 6.61 Å². The number of carbonyl (C=O) groups excluding carboxylic acids is 1. The molecule has 6 nitrogen and oxygen atoms in total. The lowest BCUT2D eigenvalue weighted by Crippen LogP contribution is -2.04. The average Bonchev–Trinajstić information content (AvgIpc) is 2.86. The lowest BCUT2D eigenvalue weighted by molar-refractivity contribution is -0.384. The summed E-state index contributed by atoms with van der Waals surface area (Å²) in [5.41, 5.74) is -0.00997. The summed E-state index contributed by atoms with van der Waals surface area (Å²) in [5, 5.41) is 19.7. The molecule has 2 rings (SSSR count). The molecule has 0 saturated carbocycles. The van der Waals surface area contributed by atoms with E-state index in [0.717, 1.165) is 4.70 Å². The third kappa shape index (κ3) is 3.10. The molecule has 2 aromatic rings. The zero-order valence-electron chi connectivity index (χ0n) is 10.4. The average molecular weight is 290 g/mol. The summed E-state index contributed by atoms with van der Waals surface area (Å²) >= 11 is 1.23. The maximum absolute atomic E-state index is 11.8. The summed E-state index contributed by atoms with van der Waals surface area (Å²) in [6, 6.07) is 8.00. The molecule has 0 aliphatic heterocycles. The summed E-state index contributed by atoms with van der Waals surface area (Å²) in [7, 11) is 0. The van der Waals surface area contributed by atoms with Crippen molar-refractivity contribution in [3.8, 4) is 6.07 Å². The van der Waals surface area contributed by atoms with E-state index in [1.165, 1.54) is 23.5 Å². The van der Waals surface area contributed by atoms with Gasteiger partial charge in [-0.15, -0.1) is 11.3 Å². The van der Waals surface area contributed by atoms with E-state index >= 15 is 0 Å². The zero-order chi connectivity index (χ0) is 14.5. The van der Waals surface area contributed by atoms with Crippen LogP contribution in [0.1, 0.15) is 22.5 Å². The molecule has 1 aromatic carbocycles. The van der Waals surface area contributed by atoms with E-state index in [0.29, 0.717) is 23.1 Å². The number of unbranched alkanes of at least 4 members (excludes halogenated alkanes) is 1. The van der Waals surface area contributed by atoms with Crippen molar-refractivity contribution in [3.05, 3.63) is 39.3 Å². The van der Waals surface area contributed by atoms with Gasteiger partial charge in [-0.3, -0.25) is 10.1 Å². The molecule has 1 aromatic heterocycles. The molecule has 0 bridgehead atoms. The number of fused-ring (bicyclic) bond motifs is 1. The SMILES string of the molecule is N#CCCCOC(=O)c1cc2cc([N+](=O)[O-])ccc2s1. The molecular weight excluding hydrogens is 280 g/mol. The molecule has 20 heavy (non-hydrogen) atoms. The molecule has 0 radical (unpaired) electrons. The van der Waals surface area contributed by atoms with Gasteiger partial charge in [-0.25, -0.2) is 4.79 Å². The van der Waals surface area contributed by atoms with Crippen molar-refractivity contribution in [1.29, 1.82) is 5.26 Å². The van der Waals surface area contributed by atoms with Gasteiger partial charge < -0.3 is 4.74 Å². The Morgan fingerprint density at radius 3 is 2.95 bits per heavy atom. The number of non-ortho nitro benzene ring substituents is 1. The van der Waals surface area contributed by atoms with Gasteiger partial charge in [0, 0.05) is 28.6 Å². The maximum Gasteiger partial charge on any atom is 0.348 e. The first kappa shape index (κ1) is 14.0. The summed E-state index contributed by atoms with van der Waals surface area (Å²) < 4.78 is 5.82. The van der Waals surface area contributed by atoms with Crippen LogP contribution in [0.5, 0.6) is 0 Å². The van der Waals surface area contributed by atoms with Crippen LogP contribution in [0, 0.1) is 21.4 Å². The standard InChI is InChI=1S/C13H10N2O4S/c14-5-1-2-6-19-13(16)12-8-9-7-10(15(17)18)3-4-11(9)20-12/h3-4,7-8H,1-2,6H2. The fourth-order valence-electron chi connectivity index (χ4n) is 1.63. The van der Waals surface area contributed by atoms with E-state index in [4.69, 9.17) is 10.00 Å². The van der Waals surface area contributed by atoms with Crippen molar-refractivity contribution < 1.29 is 14.5 Å². The van der Waals surface area contributed by atoms with E-state index in [2.05, 4.69) is 0 Å². The van der Waals surface area contributed by atoms with Crippen molar-refractivity contribution in [3.63, 3.8) is 0 Å². The Balaban J connectivity index is 2.13. The lowest BCUT2D eigenvalue weighted by atomic mass is 10.2. The minimum absolute atomic E-state index is 0.00997. The van der Waals surface area contributed by atoms with Gasteiger partial charge in [0.05, 0.1) is 17.6 Å². The van der Waals surface area contributed by atoms with Crippen molar-refractivity contribution in [2.24, 2.45) is 0 Å². The molecule has 0 spiro atoms. The monoisotopic (exact) mass is 290 g/mol. The van der Waals surface area contributed by atoms with Gasteiger partial charge in [-0.2, -0.15) is 5.26 Å². The van der Waals surface area contributed by atoms with Crippen LogP contribution in [-0.4, -0.2) is 17.5 Å². The normalized spacial score (nSPS) is 10.2. The molecule has 7 heteroatoms. The Bertz CT molecular complexity index is 702. The second-order valence-corrected chi connectivity index (χ2v) is 5.07. The summed E-state index contributed by atoms with van der Waals surface area (Å²) in [6.07, 6.45) is 0.838. The van der Waals surface area contributed by atoms with Gasteiger partial charge in [0.15, 0.2) is 0 Å². The number of carbonyl (C=O) groups is 1. The Morgan fingerprint density at radius 2 is 2.25 bits per heavy atom. The Kier molecular flexibility index (Phi) is 4.27. The Labute approximate surface area is 118 Å². The van der Waals surface area contributed by atoms with Gasteiger partial charge >= 0.3 is 5.97 Å². The lowest BCUT2D eigenvalue weighted by Gasteiger charge is -1.99. The maximum atomic E-state index is 11.8. The molecule has 102 valence electrons. The second-order valence-electron chi connectivity index (χ2n) is 3.99. The fourth-order valence-corrected chi connectivity index (χ4v) is 2.57. The largest absolute Gasteiger partial charge is 0.461 e. The highest BCUT2D eigenvalue weighted by Crippen LogP contribution is 2.29. The molecule has 0 aliphatic rings. The zero-order valence-corrected chi connectivity index (χ0v) is 11.2. The number of nitrogens with zero attached hydrogens (tertiary/aromatic N) is 2. The van der Waals surface area contributed by atoms with E-state index in [9.17, 15) is 14.9 Å². The van der Waals surface area contributed by atoms with E-state index in [1.54, 1.807) is 12.1 Å². The number of nitriles is 1. The highest BCUT2D eigenvalue weighted by molar-refractivity contribution is 7.20. The Morgan fingerprint density at radius 1 is 1.45 bits per heavy atom. The number of benzene rings is 1. The van der Waals surface area contributed by atoms with Crippen LogP contribution in [0.25, 0.3) is 10.1 Å². The summed E-state index contributed by atoms with van der Waals surface area (Å²) in [6.45, 7) is 0.195. The van der Waals surface area contributed by atoms with Crippen LogP contribution in [-0.2, 0) is 4.74 Å². The molecule has 0 N–H and O–H groups in total. The highest BCUT2D eigenvalue weighted by atomic mass is 32.1. The van der Waals surface area contributed by atoms with Gasteiger partial charge in [0.1, 0.15) is 4.88 Å². The van der Waals surface area contributed by atoms with Crippen molar-refractivity contribution in [2.45, 2.75) is 12.8 Å². The molecule has 0 saturated heterocycles. The molecule has 0 atom stereocenters. The van der Waals surface area contributed by atoms with Crippen LogP contribution in [0.2, 0.25) is 0 Å². The number of rotatable bonds is 5. The van der Waals surface area contributed by atoms with Crippen LogP contribution < -0.4 is 0 Å². The topological polar surface area (TPSA) is 93.2 Å². The second kappa shape index (κ2) is 6.12. The van der Waals surface area contributed by atoms with Gasteiger partial charge in [-0.1, -0.05) is 0 Å². The number of thiophene rings is 1. The minimum Gasteiger partial charge on any atom is -0.461 e.